The summed E-state index contributed by atoms with van der Waals surface area (Å²) < 4.78 is 0. The maximum Gasteiger partial charge on any atom is 0.240 e. The second-order valence-corrected chi connectivity index (χ2v) is 3.72. The van der Waals surface area contributed by atoms with Gasteiger partial charge in [-0.05, 0) is 26.3 Å². The third-order valence-electron chi connectivity index (χ3n) is 2.56. The molecule has 5 nitrogen and oxygen atoms in total. The Hall–Kier alpha value is -1.10. The molecule has 14 heavy (non-hydrogen) atoms. The Morgan fingerprint density at radius 1 is 1.50 bits per heavy atom. The van der Waals surface area contributed by atoms with Crippen LogP contribution in [-0.4, -0.2) is 37.5 Å². The molecule has 1 aliphatic rings. The van der Waals surface area contributed by atoms with E-state index in [0.717, 1.165) is 19.4 Å². The van der Waals surface area contributed by atoms with Gasteiger partial charge in [0.25, 0.3) is 0 Å². The van der Waals surface area contributed by atoms with E-state index >= 15 is 0 Å². The van der Waals surface area contributed by atoms with Crippen LogP contribution in [0.1, 0.15) is 19.8 Å². The van der Waals surface area contributed by atoms with Gasteiger partial charge in [-0.1, -0.05) is 0 Å². The van der Waals surface area contributed by atoms with E-state index in [1.54, 1.807) is 7.05 Å². The van der Waals surface area contributed by atoms with Gasteiger partial charge in [0.2, 0.25) is 11.8 Å². The van der Waals surface area contributed by atoms with Crippen LogP contribution in [0.5, 0.6) is 0 Å². The van der Waals surface area contributed by atoms with Gasteiger partial charge in [0.1, 0.15) is 0 Å². The van der Waals surface area contributed by atoms with Crippen molar-refractivity contribution in [2.45, 2.75) is 25.3 Å². The van der Waals surface area contributed by atoms with Crippen molar-refractivity contribution in [2.24, 2.45) is 0 Å². The van der Waals surface area contributed by atoms with Crippen LogP contribution < -0.4 is 16.0 Å². The van der Waals surface area contributed by atoms with Crippen molar-refractivity contribution in [1.82, 2.24) is 16.0 Å². The maximum atomic E-state index is 11.6. The molecule has 0 aliphatic carbocycles. The summed E-state index contributed by atoms with van der Waals surface area (Å²) in [6.07, 6.45) is 1.83. The molecule has 1 saturated heterocycles. The fourth-order valence-corrected chi connectivity index (χ4v) is 1.53. The molecule has 0 bridgehead atoms. The van der Waals surface area contributed by atoms with Gasteiger partial charge in [0.15, 0.2) is 0 Å². The Kier molecular flexibility index (Phi) is 3.46. The first kappa shape index (κ1) is 11.0. The summed E-state index contributed by atoms with van der Waals surface area (Å²) in [4.78, 5) is 22.5. The van der Waals surface area contributed by atoms with Gasteiger partial charge in [-0.25, -0.2) is 0 Å². The minimum atomic E-state index is -0.492. The Bertz CT molecular complexity index is 234. The molecule has 5 heteroatoms. The van der Waals surface area contributed by atoms with E-state index in [-0.39, 0.29) is 18.4 Å². The molecule has 0 aromatic rings. The van der Waals surface area contributed by atoms with E-state index < -0.39 is 5.54 Å². The minimum Gasteiger partial charge on any atom is -0.358 e. The van der Waals surface area contributed by atoms with Crippen molar-refractivity contribution < 1.29 is 9.59 Å². The van der Waals surface area contributed by atoms with Crippen molar-refractivity contribution in [2.75, 3.05) is 20.1 Å². The number of hydrogen-bond donors (Lipinski definition) is 3. The first-order valence-corrected chi connectivity index (χ1v) is 4.82. The lowest BCUT2D eigenvalue weighted by atomic mass is 9.99. The topological polar surface area (TPSA) is 70.2 Å². The summed E-state index contributed by atoms with van der Waals surface area (Å²) in [6, 6.07) is 0. The summed E-state index contributed by atoms with van der Waals surface area (Å²) >= 11 is 0. The molecule has 0 aromatic heterocycles. The van der Waals surface area contributed by atoms with E-state index in [2.05, 4.69) is 16.0 Å². The van der Waals surface area contributed by atoms with Gasteiger partial charge in [0.05, 0.1) is 12.1 Å². The second kappa shape index (κ2) is 4.41. The van der Waals surface area contributed by atoms with Gasteiger partial charge in [0, 0.05) is 7.05 Å². The summed E-state index contributed by atoms with van der Waals surface area (Å²) in [6.45, 7) is 2.77. The summed E-state index contributed by atoms with van der Waals surface area (Å²) in [5.74, 6) is -0.279. The Labute approximate surface area is 83.6 Å². The van der Waals surface area contributed by atoms with Crippen molar-refractivity contribution in [3.63, 3.8) is 0 Å². The lowest BCUT2D eigenvalue weighted by Crippen LogP contribution is -2.52. The van der Waals surface area contributed by atoms with Crippen molar-refractivity contribution in [3.05, 3.63) is 0 Å². The van der Waals surface area contributed by atoms with Crippen molar-refractivity contribution in [3.8, 4) is 0 Å². The van der Waals surface area contributed by atoms with Crippen LogP contribution in [0.25, 0.3) is 0 Å². The molecule has 1 aliphatic heterocycles. The normalized spacial score (nSPS) is 25.9. The largest absolute Gasteiger partial charge is 0.358 e. The average molecular weight is 199 g/mol. The maximum absolute atomic E-state index is 11.6. The van der Waals surface area contributed by atoms with Crippen LogP contribution in [0.2, 0.25) is 0 Å². The Morgan fingerprint density at radius 3 is 2.71 bits per heavy atom. The molecular formula is C9H17N3O2. The van der Waals surface area contributed by atoms with E-state index in [4.69, 9.17) is 0 Å². The lowest BCUT2D eigenvalue weighted by molar-refractivity contribution is -0.129. The third kappa shape index (κ3) is 2.45. The number of amides is 2. The van der Waals surface area contributed by atoms with E-state index in [0.29, 0.717) is 0 Å². The standard InChI is InChI=1S/C9H17N3O2/c1-9(4-3-5-12-9)8(14)11-6-7(13)10-2/h12H,3-6H2,1-2H3,(H,10,13)(H,11,14)/t9-/m0/s1. The van der Waals surface area contributed by atoms with E-state index in [1.165, 1.54) is 0 Å². The predicted octanol–water partition coefficient (Wildman–Crippen LogP) is -1.01. The number of likely N-dealkylation sites (N-methyl/N-ethyl adjacent to an activating group) is 1. The molecule has 2 amide bonds. The monoisotopic (exact) mass is 199 g/mol. The van der Waals surface area contributed by atoms with Gasteiger partial charge >= 0.3 is 0 Å². The zero-order valence-corrected chi connectivity index (χ0v) is 8.64. The van der Waals surface area contributed by atoms with Gasteiger partial charge in [-0.3, -0.25) is 9.59 Å². The zero-order valence-electron chi connectivity index (χ0n) is 8.64. The Balaban J connectivity index is 2.38. The quantitative estimate of drug-likeness (QED) is 0.545. The van der Waals surface area contributed by atoms with E-state index in [1.807, 2.05) is 6.92 Å². The highest BCUT2D eigenvalue weighted by Gasteiger charge is 2.35. The third-order valence-corrected chi connectivity index (χ3v) is 2.56. The average Bonchev–Trinajstić information content (AvgIpc) is 2.62. The molecule has 80 valence electrons. The molecule has 3 N–H and O–H groups in total. The fraction of sp³-hybridized carbons (Fsp3) is 0.778. The van der Waals surface area contributed by atoms with Crippen LogP contribution in [0, 0.1) is 0 Å². The molecule has 1 heterocycles. The number of carbonyl (C=O) groups is 2. The van der Waals surface area contributed by atoms with Gasteiger partial charge < -0.3 is 16.0 Å². The molecule has 0 radical (unpaired) electrons. The Morgan fingerprint density at radius 2 is 2.21 bits per heavy atom. The van der Waals surface area contributed by atoms with Crippen molar-refractivity contribution >= 4 is 11.8 Å². The molecule has 0 aromatic carbocycles. The van der Waals surface area contributed by atoms with Gasteiger partial charge in [-0.15, -0.1) is 0 Å². The SMILES string of the molecule is CNC(=O)CNC(=O)[C@]1(C)CCCN1. The van der Waals surface area contributed by atoms with Crippen LogP contribution in [0.15, 0.2) is 0 Å². The summed E-state index contributed by atoms with van der Waals surface area (Å²) in [7, 11) is 1.55. The highest BCUT2D eigenvalue weighted by Crippen LogP contribution is 2.17. The van der Waals surface area contributed by atoms with Gasteiger partial charge in [-0.2, -0.15) is 0 Å². The molecule has 0 unspecified atom stereocenters. The van der Waals surface area contributed by atoms with Crippen molar-refractivity contribution in [1.29, 1.82) is 0 Å². The molecule has 0 spiro atoms. The highest BCUT2D eigenvalue weighted by molar-refractivity contribution is 5.90. The number of rotatable bonds is 3. The molecular weight excluding hydrogens is 182 g/mol. The smallest absolute Gasteiger partial charge is 0.240 e. The number of hydrogen-bond acceptors (Lipinski definition) is 3. The molecule has 0 saturated carbocycles. The summed E-state index contributed by atoms with van der Waals surface area (Å²) in [5, 5.41) is 8.18. The predicted molar refractivity (Wildman–Crippen MR) is 52.7 cm³/mol. The summed E-state index contributed by atoms with van der Waals surface area (Å²) in [5.41, 5.74) is -0.492. The minimum absolute atomic E-state index is 0.0482. The molecule has 1 fully saturated rings. The first-order valence-electron chi connectivity index (χ1n) is 4.82. The fourth-order valence-electron chi connectivity index (χ4n) is 1.53. The molecule has 1 atom stereocenters. The number of carbonyl (C=O) groups excluding carboxylic acids is 2. The van der Waals surface area contributed by atoms with Crippen LogP contribution in [0.3, 0.4) is 0 Å². The highest BCUT2D eigenvalue weighted by atomic mass is 16.2. The lowest BCUT2D eigenvalue weighted by Gasteiger charge is -2.22. The molecule has 1 rings (SSSR count). The number of nitrogens with one attached hydrogen (secondary N) is 3. The zero-order chi connectivity index (χ0) is 10.6. The first-order chi connectivity index (χ1) is 6.58. The second-order valence-electron chi connectivity index (χ2n) is 3.72. The van der Waals surface area contributed by atoms with E-state index in [9.17, 15) is 9.59 Å². The van der Waals surface area contributed by atoms with Crippen LogP contribution in [0.4, 0.5) is 0 Å². The van der Waals surface area contributed by atoms with Crippen LogP contribution in [-0.2, 0) is 9.59 Å². The van der Waals surface area contributed by atoms with Crippen LogP contribution >= 0.6 is 0 Å².